The molecule has 5 nitrogen and oxygen atoms in total. The van der Waals surface area contributed by atoms with E-state index in [1.54, 1.807) is 19.9 Å². The van der Waals surface area contributed by atoms with Crippen molar-refractivity contribution >= 4 is 11.8 Å². The first-order chi connectivity index (χ1) is 9.04. The van der Waals surface area contributed by atoms with Crippen LogP contribution in [0.25, 0.3) is 0 Å². The van der Waals surface area contributed by atoms with Crippen LogP contribution in [0, 0.1) is 5.82 Å². The molecule has 104 valence electrons. The van der Waals surface area contributed by atoms with Gasteiger partial charge in [-0.05, 0) is 26.0 Å². The van der Waals surface area contributed by atoms with Crippen LogP contribution in [0.4, 0.5) is 4.39 Å². The van der Waals surface area contributed by atoms with Gasteiger partial charge in [0.2, 0.25) is 5.91 Å². The number of ether oxygens (including phenoxy) is 1. The molecule has 1 aromatic rings. The third kappa shape index (κ3) is 4.95. The summed E-state index contributed by atoms with van der Waals surface area (Å²) in [6.45, 7) is 3.50. The molecule has 1 rings (SSSR count). The number of nitrogens with one attached hydrogen (secondary N) is 2. The normalized spacial score (nSPS) is 11.5. The minimum Gasteiger partial charge on any atom is -0.481 e. The van der Waals surface area contributed by atoms with E-state index in [0.717, 1.165) is 0 Å². The summed E-state index contributed by atoms with van der Waals surface area (Å²) in [7, 11) is 0. The van der Waals surface area contributed by atoms with Crippen LogP contribution in [-0.4, -0.2) is 31.0 Å². The Morgan fingerprint density at radius 2 is 2.05 bits per heavy atom. The molecule has 2 amide bonds. The van der Waals surface area contributed by atoms with Crippen LogP contribution in [0.15, 0.2) is 24.3 Å². The molecule has 0 fully saturated rings. The highest BCUT2D eigenvalue weighted by Gasteiger charge is 2.15. The molecule has 2 N–H and O–H groups in total. The highest BCUT2D eigenvalue weighted by atomic mass is 19.1. The van der Waals surface area contributed by atoms with Crippen LogP contribution < -0.4 is 15.4 Å². The smallest absolute Gasteiger partial charge is 0.258 e. The van der Waals surface area contributed by atoms with Gasteiger partial charge in [-0.15, -0.1) is 0 Å². The lowest BCUT2D eigenvalue weighted by atomic mass is 10.3. The predicted molar refractivity (Wildman–Crippen MR) is 68.2 cm³/mol. The Bertz CT molecular complexity index is 451. The zero-order valence-electron chi connectivity index (χ0n) is 10.9. The molecule has 0 spiro atoms. The Hall–Kier alpha value is -2.11. The van der Waals surface area contributed by atoms with Crippen molar-refractivity contribution in [1.82, 2.24) is 10.6 Å². The number of carbonyl (C=O) groups is 2. The van der Waals surface area contributed by atoms with E-state index >= 15 is 0 Å². The number of likely N-dealkylation sites (N-methyl/N-ethyl adjacent to an activating group) is 1. The van der Waals surface area contributed by atoms with Crippen molar-refractivity contribution in [3.8, 4) is 5.75 Å². The predicted octanol–water partition coefficient (Wildman–Crippen LogP) is 0.845. The molecule has 1 atom stereocenters. The van der Waals surface area contributed by atoms with Crippen molar-refractivity contribution in [3.63, 3.8) is 0 Å². The molecule has 0 saturated carbocycles. The molecular weight excluding hydrogens is 251 g/mol. The Morgan fingerprint density at radius 1 is 1.37 bits per heavy atom. The van der Waals surface area contributed by atoms with Crippen molar-refractivity contribution < 1.29 is 18.7 Å². The first-order valence-corrected chi connectivity index (χ1v) is 5.99. The molecule has 19 heavy (non-hydrogen) atoms. The number of halogens is 1. The van der Waals surface area contributed by atoms with Crippen LogP contribution in [0.3, 0.4) is 0 Å². The number of carbonyl (C=O) groups excluding carboxylic acids is 2. The van der Waals surface area contributed by atoms with Gasteiger partial charge in [-0.2, -0.15) is 0 Å². The van der Waals surface area contributed by atoms with Crippen LogP contribution in [0.2, 0.25) is 0 Å². The van der Waals surface area contributed by atoms with Crippen LogP contribution in [0.5, 0.6) is 5.75 Å². The van der Waals surface area contributed by atoms with Crippen LogP contribution in [0.1, 0.15) is 13.8 Å². The second-order valence-electron chi connectivity index (χ2n) is 3.90. The molecule has 0 aromatic heterocycles. The first kappa shape index (κ1) is 14.9. The molecule has 0 saturated heterocycles. The highest BCUT2D eigenvalue weighted by Crippen LogP contribution is 2.14. The van der Waals surface area contributed by atoms with Crippen molar-refractivity contribution in [1.29, 1.82) is 0 Å². The monoisotopic (exact) mass is 268 g/mol. The van der Waals surface area contributed by atoms with Crippen LogP contribution >= 0.6 is 0 Å². The summed E-state index contributed by atoms with van der Waals surface area (Å²) in [5.41, 5.74) is 0. The molecule has 0 radical (unpaired) electrons. The zero-order valence-corrected chi connectivity index (χ0v) is 10.9. The SMILES string of the molecule is CCNC(=O)[C@@H](C)NC(=O)COc1ccccc1F. The Labute approximate surface area is 111 Å². The second-order valence-corrected chi connectivity index (χ2v) is 3.90. The minimum absolute atomic E-state index is 0.00307. The number of para-hydroxylation sites is 1. The minimum atomic E-state index is -0.656. The van der Waals surface area contributed by atoms with Crippen molar-refractivity contribution in [2.45, 2.75) is 19.9 Å². The summed E-state index contributed by atoms with van der Waals surface area (Å²) < 4.78 is 18.2. The second kappa shape index (κ2) is 7.35. The fourth-order valence-corrected chi connectivity index (χ4v) is 1.38. The number of benzene rings is 1. The lowest BCUT2D eigenvalue weighted by molar-refractivity contribution is -0.129. The average molecular weight is 268 g/mol. The third-order valence-electron chi connectivity index (χ3n) is 2.32. The lowest BCUT2D eigenvalue weighted by Gasteiger charge is -2.13. The first-order valence-electron chi connectivity index (χ1n) is 5.99. The van der Waals surface area contributed by atoms with Gasteiger partial charge in [0.05, 0.1) is 0 Å². The van der Waals surface area contributed by atoms with Gasteiger partial charge >= 0.3 is 0 Å². The van der Waals surface area contributed by atoms with Gasteiger partial charge in [0.25, 0.3) is 5.91 Å². The van der Waals surface area contributed by atoms with Gasteiger partial charge in [-0.3, -0.25) is 9.59 Å². The summed E-state index contributed by atoms with van der Waals surface area (Å²) in [6.07, 6.45) is 0. The molecule has 0 heterocycles. The fraction of sp³-hybridized carbons (Fsp3) is 0.385. The molecule has 0 aliphatic rings. The maximum Gasteiger partial charge on any atom is 0.258 e. The third-order valence-corrected chi connectivity index (χ3v) is 2.32. The number of hydrogen-bond acceptors (Lipinski definition) is 3. The Morgan fingerprint density at radius 3 is 2.68 bits per heavy atom. The van der Waals surface area contributed by atoms with Gasteiger partial charge in [0.15, 0.2) is 18.2 Å². The largest absolute Gasteiger partial charge is 0.481 e. The molecule has 1 aromatic carbocycles. The van der Waals surface area contributed by atoms with Crippen molar-refractivity contribution in [3.05, 3.63) is 30.1 Å². The summed E-state index contributed by atoms with van der Waals surface area (Å²) in [5.74, 6) is -1.29. The van der Waals surface area contributed by atoms with E-state index in [9.17, 15) is 14.0 Å². The summed E-state index contributed by atoms with van der Waals surface area (Å²) >= 11 is 0. The molecule has 0 aliphatic carbocycles. The van der Waals surface area contributed by atoms with E-state index in [2.05, 4.69) is 10.6 Å². The van der Waals surface area contributed by atoms with E-state index in [1.165, 1.54) is 18.2 Å². The molecule has 0 bridgehead atoms. The molecule has 0 unspecified atom stereocenters. The standard InChI is InChI=1S/C13H17FN2O3/c1-3-15-13(18)9(2)16-12(17)8-19-11-7-5-4-6-10(11)14/h4-7,9H,3,8H2,1-2H3,(H,15,18)(H,16,17)/t9-/m1/s1. The van der Waals surface area contributed by atoms with Gasteiger partial charge in [-0.25, -0.2) is 4.39 Å². The van der Waals surface area contributed by atoms with Gasteiger partial charge < -0.3 is 15.4 Å². The van der Waals surface area contributed by atoms with Crippen molar-refractivity contribution in [2.24, 2.45) is 0 Å². The van der Waals surface area contributed by atoms with Gasteiger partial charge in [0, 0.05) is 6.54 Å². The maximum atomic E-state index is 13.2. The van der Waals surface area contributed by atoms with E-state index < -0.39 is 17.8 Å². The van der Waals surface area contributed by atoms with E-state index in [-0.39, 0.29) is 18.3 Å². The lowest BCUT2D eigenvalue weighted by Crippen LogP contribution is -2.46. The van der Waals surface area contributed by atoms with Gasteiger partial charge in [-0.1, -0.05) is 12.1 Å². The Kier molecular flexibility index (Phi) is 5.78. The fourth-order valence-electron chi connectivity index (χ4n) is 1.38. The quantitative estimate of drug-likeness (QED) is 0.803. The molecule has 6 heteroatoms. The summed E-state index contributed by atoms with van der Waals surface area (Å²) in [6, 6.07) is 5.14. The van der Waals surface area contributed by atoms with E-state index in [4.69, 9.17) is 4.74 Å². The van der Waals surface area contributed by atoms with Crippen LogP contribution in [-0.2, 0) is 9.59 Å². The van der Waals surface area contributed by atoms with Crippen molar-refractivity contribution in [2.75, 3.05) is 13.2 Å². The summed E-state index contributed by atoms with van der Waals surface area (Å²) in [5, 5.41) is 5.03. The van der Waals surface area contributed by atoms with E-state index in [1.807, 2.05) is 0 Å². The highest BCUT2D eigenvalue weighted by molar-refractivity contribution is 5.87. The zero-order chi connectivity index (χ0) is 14.3. The number of rotatable bonds is 6. The topological polar surface area (TPSA) is 67.4 Å². The number of hydrogen-bond donors (Lipinski definition) is 2. The average Bonchev–Trinajstić information content (AvgIpc) is 2.38. The molecular formula is C13H17FN2O3. The maximum absolute atomic E-state index is 13.2. The molecule has 0 aliphatic heterocycles. The summed E-state index contributed by atoms with van der Waals surface area (Å²) in [4.78, 5) is 22.9. The van der Waals surface area contributed by atoms with E-state index in [0.29, 0.717) is 6.54 Å². The Balaban J connectivity index is 2.40. The number of amides is 2. The van der Waals surface area contributed by atoms with Gasteiger partial charge in [0.1, 0.15) is 6.04 Å².